The minimum atomic E-state index is -4.08. The summed E-state index contributed by atoms with van der Waals surface area (Å²) in [6, 6.07) is -0.0931. The Morgan fingerprint density at radius 2 is 2.00 bits per heavy atom. The lowest BCUT2D eigenvalue weighted by Crippen LogP contribution is -2.54. The van der Waals surface area contributed by atoms with E-state index in [-0.39, 0.29) is 31.9 Å². The number of hydrogen-bond acceptors (Lipinski definition) is 3. The van der Waals surface area contributed by atoms with Crippen LogP contribution < -0.4 is 0 Å². The molecule has 1 heterocycles. The van der Waals surface area contributed by atoms with Crippen molar-refractivity contribution >= 4 is 0 Å². The molecule has 0 aromatic rings. The Hall–Kier alpha value is -0.750. The van der Waals surface area contributed by atoms with Gasteiger partial charge in [-0.2, -0.15) is 13.2 Å². The van der Waals surface area contributed by atoms with E-state index in [1.165, 1.54) is 0 Å². The van der Waals surface area contributed by atoms with E-state index in [9.17, 15) is 18.3 Å². The number of alkyl halides is 3. The van der Waals surface area contributed by atoms with Gasteiger partial charge in [0.05, 0.1) is 18.1 Å². The van der Waals surface area contributed by atoms with Gasteiger partial charge in [0, 0.05) is 25.3 Å². The quantitative estimate of drug-likeness (QED) is 0.842. The number of aliphatic hydroxyl groups excluding tert-OH is 1. The summed E-state index contributed by atoms with van der Waals surface area (Å²) < 4.78 is 38.7. The Balaban J connectivity index is 1.89. The zero-order valence-corrected chi connectivity index (χ0v) is 11.9. The van der Waals surface area contributed by atoms with Crippen LogP contribution >= 0.6 is 0 Å². The van der Waals surface area contributed by atoms with E-state index in [1.807, 2.05) is 11.8 Å². The van der Waals surface area contributed by atoms with E-state index < -0.39 is 11.6 Å². The highest BCUT2D eigenvalue weighted by atomic mass is 19.4. The molecule has 1 unspecified atom stereocenters. The van der Waals surface area contributed by atoms with Crippen LogP contribution in [0.25, 0.3) is 0 Å². The van der Waals surface area contributed by atoms with Gasteiger partial charge in [-0.15, -0.1) is 0 Å². The molecule has 0 aromatic carbocycles. The molecule has 116 valence electrons. The molecular formula is C14H23F3N2O. The van der Waals surface area contributed by atoms with E-state index in [0.717, 1.165) is 12.2 Å². The van der Waals surface area contributed by atoms with Gasteiger partial charge in [-0.05, 0) is 32.7 Å². The first kappa shape index (κ1) is 15.6. The van der Waals surface area contributed by atoms with Gasteiger partial charge in [-0.25, -0.2) is 0 Å². The molecule has 3 nitrogen and oxygen atoms in total. The number of nitrogens with zero attached hydrogens (tertiary/aromatic N) is 2. The number of allylic oxidation sites excluding steroid dienone is 1. The molecule has 0 spiro atoms. The number of hydrogen-bond donors (Lipinski definition) is 1. The Labute approximate surface area is 118 Å². The van der Waals surface area contributed by atoms with Gasteiger partial charge in [-0.1, -0.05) is 6.58 Å². The van der Waals surface area contributed by atoms with Crippen molar-refractivity contribution in [2.75, 3.05) is 32.8 Å². The van der Waals surface area contributed by atoms with E-state index >= 15 is 0 Å². The van der Waals surface area contributed by atoms with Gasteiger partial charge in [0.2, 0.25) is 0 Å². The molecule has 2 aliphatic rings. The van der Waals surface area contributed by atoms with Crippen molar-refractivity contribution in [2.24, 2.45) is 5.41 Å². The second-order valence-electron chi connectivity index (χ2n) is 6.08. The first-order chi connectivity index (χ1) is 9.29. The maximum atomic E-state index is 12.9. The maximum absolute atomic E-state index is 12.9. The van der Waals surface area contributed by atoms with Crippen LogP contribution in [0.2, 0.25) is 0 Å². The monoisotopic (exact) mass is 292 g/mol. The molecule has 1 saturated carbocycles. The van der Waals surface area contributed by atoms with E-state index in [0.29, 0.717) is 19.6 Å². The summed E-state index contributed by atoms with van der Waals surface area (Å²) >= 11 is 0. The molecule has 6 heteroatoms. The molecule has 1 saturated heterocycles. The van der Waals surface area contributed by atoms with E-state index in [2.05, 4.69) is 11.5 Å². The third kappa shape index (κ3) is 3.11. The third-order valence-electron chi connectivity index (χ3n) is 4.69. The molecule has 0 aromatic heterocycles. The zero-order chi connectivity index (χ0) is 15.0. The van der Waals surface area contributed by atoms with Crippen LogP contribution in [0.4, 0.5) is 13.2 Å². The predicted octanol–water partition coefficient (Wildman–Crippen LogP) is 2.23. The fraction of sp³-hybridized carbons (Fsp3) is 0.857. The highest BCUT2D eigenvalue weighted by Crippen LogP contribution is 2.60. The van der Waals surface area contributed by atoms with Crippen molar-refractivity contribution in [2.45, 2.75) is 38.4 Å². The molecule has 2 rings (SSSR count). The van der Waals surface area contributed by atoms with Gasteiger partial charge in [0.15, 0.2) is 0 Å². The Morgan fingerprint density at radius 3 is 2.45 bits per heavy atom. The average molecular weight is 292 g/mol. The van der Waals surface area contributed by atoms with Crippen molar-refractivity contribution in [3.8, 4) is 0 Å². The summed E-state index contributed by atoms with van der Waals surface area (Å²) in [6.07, 6.45) is -3.42. The summed E-state index contributed by atoms with van der Waals surface area (Å²) in [4.78, 5) is 4.07. The van der Waals surface area contributed by atoms with Gasteiger partial charge in [0.25, 0.3) is 0 Å². The summed E-state index contributed by atoms with van der Waals surface area (Å²) in [6.45, 7) is 8.27. The maximum Gasteiger partial charge on any atom is 0.394 e. The molecule has 0 amide bonds. The van der Waals surface area contributed by atoms with Crippen LogP contribution in [0.1, 0.15) is 26.2 Å². The Morgan fingerprint density at radius 1 is 1.35 bits per heavy atom. The molecule has 1 aliphatic heterocycles. The zero-order valence-electron chi connectivity index (χ0n) is 11.9. The summed E-state index contributed by atoms with van der Waals surface area (Å²) in [5, 5.41) is 9.45. The molecule has 20 heavy (non-hydrogen) atoms. The van der Waals surface area contributed by atoms with E-state index in [4.69, 9.17) is 0 Å². The predicted molar refractivity (Wildman–Crippen MR) is 71.2 cm³/mol. The van der Waals surface area contributed by atoms with Crippen LogP contribution in [0.5, 0.6) is 0 Å². The van der Waals surface area contributed by atoms with Crippen LogP contribution in [0.3, 0.4) is 0 Å². The SMILES string of the molecule is C=C(C)N1CCN(CCC2(C(F)(F)F)CC2)C(CO)C1. The standard InChI is InChI=1S/C14H23F3N2O/c1-11(2)19-8-7-18(12(9-19)10-20)6-5-13(3-4-13)14(15,16)17/h12,20H,1,3-10H2,2H3. The Kier molecular flexibility index (Phi) is 4.35. The molecular weight excluding hydrogens is 269 g/mol. The summed E-state index contributed by atoms with van der Waals surface area (Å²) in [7, 11) is 0. The van der Waals surface area contributed by atoms with Gasteiger partial charge in [0.1, 0.15) is 0 Å². The fourth-order valence-corrected chi connectivity index (χ4v) is 2.89. The molecule has 2 fully saturated rings. The summed E-state index contributed by atoms with van der Waals surface area (Å²) in [5.41, 5.74) is -0.504. The van der Waals surface area contributed by atoms with Crippen LogP contribution in [0, 0.1) is 5.41 Å². The number of rotatable bonds is 5. The van der Waals surface area contributed by atoms with Crippen LogP contribution in [-0.4, -0.2) is 59.9 Å². The number of halogens is 3. The topological polar surface area (TPSA) is 26.7 Å². The highest BCUT2D eigenvalue weighted by molar-refractivity contribution is 5.01. The normalized spacial score (nSPS) is 26.6. The van der Waals surface area contributed by atoms with Crippen molar-refractivity contribution in [1.29, 1.82) is 0 Å². The van der Waals surface area contributed by atoms with Crippen LogP contribution in [-0.2, 0) is 0 Å². The van der Waals surface area contributed by atoms with Crippen molar-refractivity contribution in [1.82, 2.24) is 9.80 Å². The van der Waals surface area contributed by atoms with Gasteiger partial charge in [-0.3, -0.25) is 4.90 Å². The van der Waals surface area contributed by atoms with E-state index in [1.54, 1.807) is 0 Å². The lowest BCUT2D eigenvalue weighted by Gasteiger charge is -2.42. The third-order valence-corrected chi connectivity index (χ3v) is 4.69. The fourth-order valence-electron chi connectivity index (χ4n) is 2.89. The first-order valence-electron chi connectivity index (χ1n) is 7.11. The lowest BCUT2D eigenvalue weighted by atomic mass is 10.0. The second-order valence-corrected chi connectivity index (χ2v) is 6.08. The smallest absolute Gasteiger partial charge is 0.394 e. The first-order valence-corrected chi connectivity index (χ1v) is 7.11. The molecule has 1 aliphatic carbocycles. The van der Waals surface area contributed by atoms with Crippen molar-refractivity contribution in [3.05, 3.63) is 12.3 Å². The van der Waals surface area contributed by atoms with Crippen molar-refractivity contribution < 1.29 is 18.3 Å². The molecule has 0 radical (unpaired) electrons. The lowest BCUT2D eigenvalue weighted by molar-refractivity contribution is -0.190. The average Bonchev–Trinajstić information content (AvgIpc) is 3.16. The minimum absolute atomic E-state index is 0.0250. The molecule has 1 atom stereocenters. The largest absolute Gasteiger partial charge is 0.395 e. The second kappa shape index (κ2) is 5.56. The van der Waals surface area contributed by atoms with Gasteiger partial charge >= 0.3 is 6.18 Å². The molecule has 1 N–H and O–H groups in total. The number of piperazine rings is 1. The minimum Gasteiger partial charge on any atom is -0.395 e. The van der Waals surface area contributed by atoms with Crippen molar-refractivity contribution in [3.63, 3.8) is 0 Å². The van der Waals surface area contributed by atoms with Crippen LogP contribution in [0.15, 0.2) is 12.3 Å². The highest BCUT2D eigenvalue weighted by Gasteiger charge is 2.62. The molecule has 0 bridgehead atoms. The number of aliphatic hydroxyl groups is 1. The van der Waals surface area contributed by atoms with Gasteiger partial charge < -0.3 is 10.0 Å². The Bertz CT molecular complexity index is 366. The summed E-state index contributed by atoms with van der Waals surface area (Å²) in [5.74, 6) is 0.